The van der Waals surface area contributed by atoms with Gasteiger partial charge in [0.05, 0.1) is 9.40 Å². The zero-order valence-corrected chi connectivity index (χ0v) is 12.9. The van der Waals surface area contributed by atoms with Gasteiger partial charge < -0.3 is 5.32 Å². The standard InChI is InChI=1S/C15H15BrN2O2/c1-10-5-11(2)7-12(6-10)9-17-13-3-4-14(16)15(8-13)18(19)20/h3-8,17H,9H2,1-2H3. The highest BCUT2D eigenvalue weighted by Crippen LogP contribution is 2.28. The number of hydrogen-bond acceptors (Lipinski definition) is 3. The Balaban J connectivity index is 2.14. The number of nitro groups is 1. The van der Waals surface area contributed by atoms with Gasteiger partial charge in [0.1, 0.15) is 0 Å². The summed E-state index contributed by atoms with van der Waals surface area (Å²) in [7, 11) is 0. The van der Waals surface area contributed by atoms with Crippen LogP contribution in [0.2, 0.25) is 0 Å². The molecule has 0 aliphatic heterocycles. The predicted octanol–water partition coefficient (Wildman–Crippen LogP) is 4.59. The molecular formula is C15H15BrN2O2. The van der Waals surface area contributed by atoms with E-state index in [2.05, 4.69) is 53.3 Å². The van der Waals surface area contributed by atoms with E-state index in [-0.39, 0.29) is 5.69 Å². The van der Waals surface area contributed by atoms with Crippen LogP contribution in [0, 0.1) is 24.0 Å². The monoisotopic (exact) mass is 334 g/mol. The van der Waals surface area contributed by atoms with Crippen molar-refractivity contribution in [1.82, 2.24) is 0 Å². The molecule has 0 heterocycles. The number of rotatable bonds is 4. The van der Waals surface area contributed by atoms with Gasteiger partial charge in [0.2, 0.25) is 0 Å². The number of aryl methyl sites for hydroxylation is 2. The smallest absolute Gasteiger partial charge is 0.285 e. The summed E-state index contributed by atoms with van der Waals surface area (Å²) in [5, 5.41) is 14.1. The molecule has 2 aromatic carbocycles. The van der Waals surface area contributed by atoms with Crippen LogP contribution in [0.1, 0.15) is 16.7 Å². The van der Waals surface area contributed by atoms with Crippen molar-refractivity contribution in [2.24, 2.45) is 0 Å². The van der Waals surface area contributed by atoms with Crippen LogP contribution in [0.3, 0.4) is 0 Å². The van der Waals surface area contributed by atoms with Gasteiger partial charge in [-0.1, -0.05) is 29.3 Å². The Morgan fingerprint density at radius 1 is 1.15 bits per heavy atom. The highest BCUT2D eigenvalue weighted by Gasteiger charge is 2.12. The van der Waals surface area contributed by atoms with Crippen molar-refractivity contribution >= 4 is 27.3 Å². The van der Waals surface area contributed by atoms with Crippen molar-refractivity contribution in [3.63, 3.8) is 0 Å². The lowest BCUT2D eigenvalue weighted by molar-refractivity contribution is -0.385. The molecular weight excluding hydrogens is 320 g/mol. The molecule has 0 radical (unpaired) electrons. The molecule has 104 valence electrons. The van der Waals surface area contributed by atoms with Gasteiger partial charge in [-0.15, -0.1) is 0 Å². The van der Waals surface area contributed by atoms with E-state index in [1.807, 2.05) is 6.07 Å². The summed E-state index contributed by atoms with van der Waals surface area (Å²) < 4.78 is 0.486. The van der Waals surface area contributed by atoms with Crippen LogP contribution in [0.25, 0.3) is 0 Å². The molecule has 0 unspecified atom stereocenters. The van der Waals surface area contributed by atoms with Crippen LogP contribution in [-0.2, 0) is 6.54 Å². The van der Waals surface area contributed by atoms with Crippen molar-refractivity contribution in [2.75, 3.05) is 5.32 Å². The van der Waals surface area contributed by atoms with Crippen molar-refractivity contribution in [3.8, 4) is 0 Å². The first-order valence-corrected chi connectivity index (χ1v) is 7.00. The summed E-state index contributed by atoms with van der Waals surface area (Å²) in [5.41, 5.74) is 4.38. The van der Waals surface area contributed by atoms with Gasteiger partial charge >= 0.3 is 0 Å². The van der Waals surface area contributed by atoms with E-state index in [0.717, 1.165) is 11.3 Å². The molecule has 5 heteroatoms. The normalized spacial score (nSPS) is 10.3. The summed E-state index contributed by atoms with van der Waals surface area (Å²) in [6.45, 7) is 4.75. The molecule has 0 spiro atoms. The van der Waals surface area contributed by atoms with Gasteiger partial charge in [0, 0.05) is 18.3 Å². The zero-order valence-electron chi connectivity index (χ0n) is 11.3. The Morgan fingerprint density at radius 2 is 1.80 bits per heavy atom. The lowest BCUT2D eigenvalue weighted by Gasteiger charge is -2.09. The summed E-state index contributed by atoms with van der Waals surface area (Å²) in [4.78, 5) is 10.5. The van der Waals surface area contributed by atoms with E-state index in [9.17, 15) is 10.1 Å². The molecule has 0 aromatic heterocycles. The van der Waals surface area contributed by atoms with E-state index < -0.39 is 4.92 Å². The predicted molar refractivity (Wildman–Crippen MR) is 84.0 cm³/mol. The van der Waals surface area contributed by atoms with Crippen molar-refractivity contribution in [2.45, 2.75) is 20.4 Å². The van der Waals surface area contributed by atoms with Crippen LogP contribution in [0.5, 0.6) is 0 Å². The van der Waals surface area contributed by atoms with Crippen molar-refractivity contribution < 1.29 is 4.92 Å². The van der Waals surface area contributed by atoms with Crippen LogP contribution in [0.4, 0.5) is 11.4 Å². The number of halogens is 1. The molecule has 0 atom stereocenters. The van der Waals surface area contributed by atoms with Crippen molar-refractivity contribution in [3.05, 3.63) is 67.7 Å². The quantitative estimate of drug-likeness (QED) is 0.657. The third-order valence-electron chi connectivity index (χ3n) is 2.92. The van der Waals surface area contributed by atoms with Crippen LogP contribution in [0.15, 0.2) is 40.9 Å². The molecule has 0 saturated carbocycles. The fourth-order valence-electron chi connectivity index (χ4n) is 2.14. The third kappa shape index (κ3) is 3.57. The molecule has 0 bridgehead atoms. The number of anilines is 1. The Hall–Kier alpha value is -1.88. The summed E-state index contributed by atoms with van der Waals surface area (Å²) in [5.74, 6) is 0. The van der Waals surface area contributed by atoms with Crippen LogP contribution >= 0.6 is 15.9 Å². The van der Waals surface area contributed by atoms with Gasteiger partial charge in [0.15, 0.2) is 0 Å². The molecule has 4 nitrogen and oxygen atoms in total. The number of hydrogen-bond donors (Lipinski definition) is 1. The minimum Gasteiger partial charge on any atom is -0.381 e. The highest BCUT2D eigenvalue weighted by molar-refractivity contribution is 9.10. The van der Waals surface area contributed by atoms with E-state index in [1.165, 1.54) is 17.2 Å². The average Bonchev–Trinajstić information content (AvgIpc) is 2.36. The maximum absolute atomic E-state index is 10.9. The first-order chi connectivity index (χ1) is 9.45. The maximum atomic E-state index is 10.9. The molecule has 0 saturated heterocycles. The zero-order chi connectivity index (χ0) is 14.7. The summed E-state index contributed by atoms with van der Waals surface area (Å²) >= 11 is 3.18. The van der Waals surface area contributed by atoms with Gasteiger partial charge in [0.25, 0.3) is 5.69 Å². The number of nitrogens with zero attached hydrogens (tertiary/aromatic N) is 1. The summed E-state index contributed by atoms with van der Waals surface area (Å²) in [6, 6.07) is 11.4. The minimum atomic E-state index is -0.397. The molecule has 0 aliphatic rings. The van der Waals surface area contributed by atoms with E-state index in [0.29, 0.717) is 11.0 Å². The Morgan fingerprint density at radius 3 is 2.40 bits per heavy atom. The molecule has 20 heavy (non-hydrogen) atoms. The minimum absolute atomic E-state index is 0.0652. The second kappa shape index (κ2) is 6.05. The van der Waals surface area contributed by atoms with Crippen molar-refractivity contribution in [1.29, 1.82) is 0 Å². The lowest BCUT2D eigenvalue weighted by Crippen LogP contribution is -2.01. The Bertz CT molecular complexity index is 636. The molecule has 0 aliphatic carbocycles. The Labute approximate surface area is 126 Å². The molecule has 1 N–H and O–H groups in total. The number of nitrogens with one attached hydrogen (secondary N) is 1. The molecule has 2 aromatic rings. The van der Waals surface area contributed by atoms with E-state index in [1.54, 1.807) is 6.07 Å². The third-order valence-corrected chi connectivity index (χ3v) is 3.59. The first kappa shape index (κ1) is 14.5. The van der Waals surface area contributed by atoms with Crippen LogP contribution in [-0.4, -0.2) is 4.92 Å². The molecule has 0 amide bonds. The maximum Gasteiger partial charge on any atom is 0.285 e. The average molecular weight is 335 g/mol. The van der Waals surface area contributed by atoms with Gasteiger partial charge in [-0.05, 0) is 47.5 Å². The number of benzene rings is 2. The van der Waals surface area contributed by atoms with Gasteiger partial charge in [-0.3, -0.25) is 10.1 Å². The Kier molecular flexibility index (Phi) is 4.39. The van der Waals surface area contributed by atoms with Crippen LogP contribution < -0.4 is 5.32 Å². The lowest BCUT2D eigenvalue weighted by atomic mass is 10.1. The fourth-order valence-corrected chi connectivity index (χ4v) is 2.53. The SMILES string of the molecule is Cc1cc(C)cc(CNc2ccc(Br)c([N+](=O)[O-])c2)c1. The highest BCUT2D eigenvalue weighted by atomic mass is 79.9. The fraction of sp³-hybridized carbons (Fsp3) is 0.200. The number of nitro benzene ring substituents is 1. The second-order valence-electron chi connectivity index (χ2n) is 4.77. The first-order valence-electron chi connectivity index (χ1n) is 6.20. The van der Waals surface area contributed by atoms with Gasteiger partial charge in [-0.25, -0.2) is 0 Å². The summed E-state index contributed by atoms with van der Waals surface area (Å²) in [6.07, 6.45) is 0. The molecule has 0 fully saturated rings. The topological polar surface area (TPSA) is 55.2 Å². The van der Waals surface area contributed by atoms with E-state index >= 15 is 0 Å². The molecule has 2 rings (SSSR count). The van der Waals surface area contributed by atoms with Gasteiger partial charge in [-0.2, -0.15) is 0 Å². The van der Waals surface area contributed by atoms with E-state index in [4.69, 9.17) is 0 Å². The second-order valence-corrected chi connectivity index (χ2v) is 5.63. The largest absolute Gasteiger partial charge is 0.381 e.